The second-order valence-electron chi connectivity index (χ2n) is 3.92. The molecule has 2 aromatic rings. The summed E-state index contributed by atoms with van der Waals surface area (Å²) in [5.41, 5.74) is 0.130. The molecule has 2 rings (SSSR count). The predicted octanol–water partition coefficient (Wildman–Crippen LogP) is 4.81. The van der Waals surface area contributed by atoms with Gasteiger partial charge in [0.25, 0.3) is 10.0 Å². The molecule has 0 amide bonds. The van der Waals surface area contributed by atoms with E-state index < -0.39 is 20.7 Å². The number of rotatable bonds is 3. The molecule has 0 saturated carbocycles. The molecule has 21 heavy (non-hydrogen) atoms. The molecule has 0 radical (unpaired) electrons. The van der Waals surface area contributed by atoms with E-state index in [1.54, 1.807) is 12.1 Å². The Kier molecular flexibility index (Phi) is 4.80. The number of anilines is 1. The maximum absolute atomic E-state index is 12.4. The largest absolute Gasteiger partial charge is 0.505 e. The van der Waals surface area contributed by atoms with Crippen LogP contribution in [0.2, 0.25) is 20.1 Å². The standard InChI is InChI=1S/C12H7Cl4NO3S/c13-6-3-1-2-4-9(6)17-21(19,20)12-10(16)7(14)5-8(15)11(12)18/h1-5,17-18H. The lowest BCUT2D eigenvalue weighted by Gasteiger charge is -2.13. The maximum Gasteiger partial charge on any atom is 0.267 e. The van der Waals surface area contributed by atoms with E-state index in [0.29, 0.717) is 0 Å². The van der Waals surface area contributed by atoms with Gasteiger partial charge in [-0.05, 0) is 18.2 Å². The Bertz CT molecular complexity index is 782. The van der Waals surface area contributed by atoms with Crippen molar-refractivity contribution in [2.75, 3.05) is 4.72 Å². The van der Waals surface area contributed by atoms with Crippen molar-refractivity contribution in [2.45, 2.75) is 4.90 Å². The van der Waals surface area contributed by atoms with Gasteiger partial charge in [0.05, 0.1) is 25.8 Å². The Morgan fingerprint density at radius 3 is 2.19 bits per heavy atom. The van der Waals surface area contributed by atoms with E-state index in [0.717, 1.165) is 6.07 Å². The number of phenols is 1. The number of halogens is 4. The van der Waals surface area contributed by atoms with Crippen molar-refractivity contribution in [1.29, 1.82) is 0 Å². The Balaban J connectivity index is 2.58. The van der Waals surface area contributed by atoms with Gasteiger partial charge in [0.1, 0.15) is 0 Å². The lowest BCUT2D eigenvalue weighted by atomic mass is 10.3. The zero-order chi connectivity index (χ0) is 15.8. The van der Waals surface area contributed by atoms with Crippen molar-refractivity contribution in [2.24, 2.45) is 0 Å². The summed E-state index contributed by atoms with van der Waals surface area (Å²) in [5.74, 6) is -0.689. The summed E-state index contributed by atoms with van der Waals surface area (Å²) >= 11 is 23.2. The van der Waals surface area contributed by atoms with E-state index in [-0.39, 0.29) is 25.8 Å². The number of hydrogen-bond donors (Lipinski definition) is 2. The first-order valence-electron chi connectivity index (χ1n) is 5.38. The van der Waals surface area contributed by atoms with Crippen LogP contribution in [0, 0.1) is 0 Å². The number of nitrogens with one attached hydrogen (secondary N) is 1. The van der Waals surface area contributed by atoms with Crippen LogP contribution in [0.3, 0.4) is 0 Å². The van der Waals surface area contributed by atoms with Gasteiger partial charge in [-0.1, -0.05) is 58.5 Å². The fraction of sp³-hybridized carbons (Fsp3) is 0. The monoisotopic (exact) mass is 385 g/mol. The van der Waals surface area contributed by atoms with Crippen LogP contribution in [0.15, 0.2) is 35.2 Å². The number of benzene rings is 2. The molecule has 4 nitrogen and oxygen atoms in total. The highest BCUT2D eigenvalue weighted by molar-refractivity contribution is 7.93. The minimum absolute atomic E-state index is 0.0981. The van der Waals surface area contributed by atoms with Gasteiger partial charge in [0.15, 0.2) is 10.6 Å². The molecule has 0 spiro atoms. The SMILES string of the molecule is O=S(=O)(Nc1ccccc1Cl)c1c(O)c(Cl)cc(Cl)c1Cl. The molecule has 0 saturated heterocycles. The zero-order valence-electron chi connectivity index (χ0n) is 10.1. The van der Waals surface area contributed by atoms with Crippen molar-refractivity contribution in [1.82, 2.24) is 0 Å². The first-order chi connectivity index (χ1) is 9.74. The lowest BCUT2D eigenvalue weighted by molar-refractivity contribution is 0.459. The third-order valence-corrected chi connectivity index (χ3v) is 5.43. The Labute approximate surface area is 141 Å². The van der Waals surface area contributed by atoms with Gasteiger partial charge >= 0.3 is 0 Å². The third-order valence-electron chi connectivity index (χ3n) is 2.49. The summed E-state index contributed by atoms with van der Waals surface area (Å²) in [6, 6.07) is 7.34. The number of hydrogen-bond acceptors (Lipinski definition) is 3. The van der Waals surface area contributed by atoms with Gasteiger partial charge in [-0.2, -0.15) is 0 Å². The minimum Gasteiger partial charge on any atom is -0.505 e. The quantitative estimate of drug-likeness (QED) is 0.744. The molecular weight excluding hydrogens is 380 g/mol. The van der Waals surface area contributed by atoms with Crippen LogP contribution in [-0.4, -0.2) is 13.5 Å². The molecule has 0 unspecified atom stereocenters. The molecule has 0 atom stereocenters. The van der Waals surface area contributed by atoms with Crippen LogP contribution in [-0.2, 0) is 10.0 Å². The van der Waals surface area contributed by atoms with Crippen LogP contribution in [0.25, 0.3) is 0 Å². The van der Waals surface area contributed by atoms with Crippen molar-refractivity contribution in [3.8, 4) is 5.75 Å². The minimum atomic E-state index is -4.23. The summed E-state index contributed by atoms with van der Waals surface area (Å²) < 4.78 is 27.0. The van der Waals surface area contributed by atoms with Crippen molar-refractivity contribution in [3.63, 3.8) is 0 Å². The van der Waals surface area contributed by atoms with E-state index >= 15 is 0 Å². The molecule has 0 aromatic heterocycles. The summed E-state index contributed by atoms with van der Waals surface area (Å²) in [4.78, 5) is -0.610. The van der Waals surface area contributed by atoms with Crippen LogP contribution in [0.5, 0.6) is 5.75 Å². The highest BCUT2D eigenvalue weighted by Gasteiger charge is 2.27. The number of aromatic hydroxyl groups is 1. The summed E-state index contributed by atoms with van der Waals surface area (Å²) in [6.45, 7) is 0. The number of sulfonamides is 1. The van der Waals surface area contributed by atoms with Gasteiger partial charge in [0.2, 0.25) is 0 Å². The highest BCUT2D eigenvalue weighted by Crippen LogP contribution is 2.42. The summed E-state index contributed by atoms with van der Waals surface area (Å²) in [5, 5.41) is 9.38. The average Bonchev–Trinajstić information content (AvgIpc) is 2.39. The molecule has 0 aliphatic carbocycles. The van der Waals surface area contributed by atoms with E-state index in [4.69, 9.17) is 46.4 Å². The average molecular weight is 387 g/mol. The fourth-order valence-electron chi connectivity index (χ4n) is 1.55. The van der Waals surface area contributed by atoms with Crippen LogP contribution >= 0.6 is 46.4 Å². The van der Waals surface area contributed by atoms with Gasteiger partial charge in [-0.3, -0.25) is 4.72 Å². The molecule has 112 valence electrons. The van der Waals surface area contributed by atoms with Crippen LogP contribution in [0.1, 0.15) is 0 Å². The van der Waals surface area contributed by atoms with E-state index in [1.807, 2.05) is 0 Å². The molecule has 0 fully saturated rings. The maximum atomic E-state index is 12.4. The summed E-state index contributed by atoms with van der Waals surface area (Å²) in [6.07, 6.45) is 0. The van der Waals surface area contributed by atoms with E-state index in [2.05, 4.69) is 4.72 Å². The van der Waals surface area contributed by atoms with Crippen LogP contribution < -0.4 is 4.72 Å². The summed E-state index contributed by atoms with van der Waals surface area (Å²) in [7, 11) is -4.23. The van der Waals surface area contributed by atoms with Gasteiger partial charge in [0, 0.05) is 0 Å². The van der Waals surface area contributed by atoms with E-state index in [1.165, 1.54) is 12.1 Å². The first-order valence-corrected chi connectivity index (χ1v) is 8.37. The second-order valence-corrected chi connectivity index (χ2v) is 7.14. The predicted molar refractivity (Wildman–Crippen MR) is 85.4 cm³/mol. The van der Waals surface area contributed by atoms with Crippen molar-refractivity contribution in [3.05, 3.63) is 50.4 Å². The molecule has 0 heterocycles. The normalized spacial score (nSPS) is 11.4. The smallest absolute Gasteiger partial charge is 0.267 e. The Hall–Kier alpha value is -0.850. The van der Waals surface area contributed by atoms with Gasteiger partial charge < -0.3 is 5.11 Å². The van der Waals surface area contributed by atoms with Crippen LogP contribution in [0.4, 0.5) is 5.69 Å². The fourth-order valence-corrected chi connectivity index (χ4v) is 4.09. The lowest BCUT2D eigenvalue weighted by Crippen LogP contribution is -2.14. The molecule has 2 N–H and O–H groups in total. The molecular formula is C12H7Cl4NO3S. The number of para-hydroxylation sites is 1. The molecule has 0 bridgehead atoms. The zero-order valence-corrected chi connectivity index (χ0v) is 13.9. The second kappa shape index (κ2) is 6.10. The highest BCUT2D eigenvalue weighted by atomic mass is 35.5. The van der Waals surface area contributed by atoms with Gasteiger partial charge in [-0.15, -0.1) is 0 Å². The Morgan fingerprint density at radius 2 is 1.57 bits per heavy atom. The third kappa shape index (κ3) is 3.33. The van der Waals surface area contributed by atoms with Crippen molar-refractivity contribution >= 4 is 62.1 Å². The molecule has 9 heteroatoms. The Morgan fingerprint density at radius 1 is 0.952 bits per heavy atom. The number of phenolic OH excluding ortho intramolecular Hbond substituents is 1. The topological polar surface area (TPSA) is 66.4 Å². The molecule has 0 aliphatic rings. The molecule has 2 aromatic carbocycles. The van der Waals surface area contributed by atoms with E-state index in [9.17, 15) is 13.5 Å². The first kappa shape index (κ1) is 16.5. The van der Waals surface area contributed by atoms with Crippen molar-refractivity contribution < 1.29 is 13.5 Å². The molecule has 0 aliphatic heterocycles. The van der Waals surface area contributed by atoms with Gasteiger partial charge in [-0.25, -0.2) is 8.42 Å².